The number of nitrogens with zero attached hydrogens (tertiary/aromatic N) is 2. The SMILES string of the molecule is CN(C)Cc1cccc(NC(=O)NC[C@@H]2CN(C3CC3)CCO2)c1. The zero-order chi connectivity index (χ0) is 16.9. The molecule has 0 unspecified atom stereocenters. The number of benzene rings is 1. The molecule has 1 saturated heterocycles. The van der Waals surface area contributed by atoms with E-state index in [9.17, 15) is 4.79 Å². The number of urea groups is 1. The van der Waals surface area contributed by atoms with Crippen molar-refractivity contribution in [2.45, 2.75) is 31.5 Å². The minimum atomic E-state index is -0.177. The largest absolute Gasteiger partial charge is 0.374 e. The molecule has 1 aliphatic carbocycles. The molecule has 0 bridgehead atoms. The second-order valence-electron chi connectivity index (χ2n) is 6.99. The third-order valence-electron chi connectivity index (χ3n) is 4.41. The molecule has 1 heterocycles. The van der Waals surface area contributed by atoms with E-state index in [0.29, 0.717) is 6.54 Å². The van der Waals surface area contributed by atoms with E-state index in [1.54, 1.807) is 0 Å². The minimum absolute atomic E-state index is 0.0881. The third kappa shape index (κ3) is 5.19. The summed E-state index contributed by atoms with van der Waals surface area (Å²) >= 11 is 0. The van der Waals surface area contributed by atoms with Gasteiger partial charge in [-0.3, -0.25) is 4.90 Å². The number of nitrogens with one attached hydrogen (secondary N) is 2. The number of ether oxygens (including phenoxy) is 1. The topological polar surface area (TPSA) is 56.8 Å². The van der Waals surface area contributed by atoms with Gasteiger partial charge in [0.05, 0.1) is 12.7 Å². The second kappa shape index (κ2) is 7.96. The van der Waals surface area contributed by atoms with Gasteiger partial charge in [-0.05, 0) is 44.6 Å². The Morgan fingerprint density at radius 3 is 2.96 bits per heavy atom. The lowest BCUT2D eigenvalue weighted by Gasteiger charge is -2.33. The Kier molecular flexibility index (Phi) is 5.71. The van der Waals surface area contributed by atoms with Gasteiger partial charge in [-0.25, -0.2) is 4.79 Å². The van der Waals surface area contributed by atoms with Crippen LogP contribution in [0.1, 0.15) is 18.4 Å². The van der Waals surface area contributed by atoms with Crippen LogP contribution in [0.3, 0.4) is 0 Å². The van der Waals surface area contributed by atoms with Crippen LogP contribution in [0.2, 0.25) is 0 Å². The highest BCUT2D eigenvalue weighted by Crippen LogP contribution is 2.28. The Labute approximate surface area is 144 Å². The van der Waals surface area contributed by atoms with Crippen molar-refractivity contribution in [2.24, 2.45) is 0 Å². The first kappa shape index (κ1) is 17.2. The molecule has 1 saturated carbocycles. The summed E-state index contributed by atoms with van der Waals surface area (Å²) in [6.07, 6.45) is 2.71. The summed E-state index contributed by atoms with van der Waals surface area (Å²) in [6, 6.07) is 8.52. The molecule has 2 fully saturated rings. The van der Waals surface area contributed by atoms with Crippen LogP contribution in [0, 0.1) is 0 Å². The summed E-state index contributed by atoms with van der Waals surface area (Å²) in [6.45, 7) is 4.10. The Bertz CT molecular complexity index is 560. The molecule has 2 aliphatic rings. The summed E-state index contributed by atoms with van der Waals surface area (Å²) in [4.78, 5) is 16.7. The Morgan fingerprint density at radius 1 is 1.38 bits per heavy atom. The maximum Gasteiger partial charge on any atom is 0.319 e. The van der Waals surface area contributed by atoms with Crippen molar-refractivity contribution in [3.8, 4) is 0 Å². The minimum Gasteiger partial charge on any atom is -0.374 e. The number of anilines is 1. The molecule has 24 heavy (non-hydrogen) atoms. The maximum atomic E-state index is 12.1. The third-order valence-corrected chi connectivity index (χ3v) is 4.41. The van der Waals surface area contributed by atoms with Crippen LogP contribution in [0.15, 0.2) is 24.3 Å². The molecule has 0 aromatic heterocycles. The highest BCUT2D eigenvalue weighted by Gasteiger charge is 2.32. The Balaban J connectivity index is 1.43. The molecule has 1 aromatic rings. The fourth-order valence-corrected chi connectivity index (χ4v) is 3.13. The van der Waals surface area contributed by atoms with E-state index < -0.39 is 0 Å². The van der Waals surface area contributed by atoms with Gasteiger partial charge in [0.1, 0.15) is 0 Å². The van der Waals surface area contributed by atoms with Crippen LogP contribution >= 0.6 is 0 Å². The second-order valence-corrected chi connectivity index (χ2v) is 6.99. The predicted molar refractivity (Wildman–Crippen MR) is 95.2 cm³/mol. The van der Waals surface area contributed by atoms with Gasteiger partial charge in [0.15, 0.2) is 0 Å². The van der Waals surface area contributed by atoms with E-state index >= 15 is 0 Å². The van der Waals surface area contributed by atoms with E-state index in [0.717, 1.165) is 38.0 Å². The first-order chi connectivity index (χ1) is 11.6. The molecule has 2 N–H and O–H groups in total. The van der Waals surface area contributed by atoms with E-state index in [2.05, 4.69) is 26.5 Å². The molecule has 3 rings (SSSR count). The van der Waals surface area contributed by atoms with Crippen LogP contribution < -0.4 is 10.6 Å². The van der Waals surface area contributed by atoms with Gasteiger partial charge in [-0.15, -0.1) is 0 Å². The fourth-order valence-electron chi connectivity index (χ4n) is 3.13. The van der Waals surface area contributed by atoms with E-state index in [-0.39, 0.29) is 12.1 Å². The quantitative estimate of drug-likeness (QED) is 0.833. The number of amides is 2. The summed E-state index contributed by atoms with van der Waals surface area (Å²) in [5.41, 5.74) is 1.99. The van der Waals surface area contributed by atoms with Crippen LogP contribution in [0.4, 0.5) is 10.5 Å². The van der Waals surface area contributed by atoms with Gasteiger partial charge in [-0.1, -0.05) is 12.1 Å². The predicted octanol–water partition coefficient (Wildman–Crippen LogP) is 1.73. The Hall–Kier alpha value is -1.63. The molecule has 1 aromatic carbocycles. The van der Waals surface area contributed by atoms with Gasteiger partial charge < -0.3 is 20.3 Å². The molecule has 0 spiro atoms. The van der Waals surface area contributed by atoms with Gasteiger partial charge in [0.2, 0.25) is 0 Å². The van der Waals surface area contributed by atoms with Crippen LogP contribution in [-0.2, 0) is 11.3 Å². The van der Waals surface area contributed by atoms with Gasteiger partial charge in [0.25, 0.3) is 0 Å². The molecule has 1 aliphatic heterocycles. The van der Waals surface area contributed by atoms with Crippen LogP contribution in [-0.4, -0.2) is 68.3 Å². The van der Waals surface area contributed by atoms with Crippen molar-refractivity contribution in [2.75, 3.05) is 45.7 Å². The highest BCUT2D eigenvalue weighted by atomic mass is 16.5. The lowest BCUT2D eigenvalue weighted by Crippen LogP contribution is -2.48. The smallest absolute Gasteiger partial charge is 0.319 e. The summed E-state index contributed by atoms with van der Waals surface area (Å²) in [5, 5.41) is 5.83. The highest BCUT2D eigenvalue weighted by molar-refractivity contribution is 5.89. The maximum absolute atomic E-state index is 12.1. The van der Waals surface area contributed by atoms with Gasteiger partial charge in [0, 0.05) is 37.9 Å². The molecule has 0 radical (unpaired) electrons. The van der Waals surface area contributed by atoms with E-state index in [4.69, 9.17) is 4.74 Å². The van der Waals surface area contributed by atoms with Gasteiger partial charge >= 0.3 is 6.03 Å². The number of rotatable bonds is 6. The fraction of sp³-hybridized carbons (Fsp3) is 0.611. The van der Waals surface area contributed by atoms with Crippen LogP contribution in [0.25, 0.3) is 0 Å². The number of morpholine rings is 1. The van der Waals surface area contributed by atoms with Crippen molar-refractivity contribution >= 4 is 11.7 Å². The van der Waals surface area contributed by atoms with Crippen molar-refractivity contribution in [1.82, 2.24) is 15.1 Å². The molecule has 132 valence electrons. The zero-order valence-corrected chi connectivity index (χ0v) is 14.6. The number of hydrogen-bond donors (Lipinski definition) is 2. The first-order valence-electron chi connectivity index (χ1n) is 8.74. The van der Waals surface area contributed by atoms with Crippen molar-refractivity contribution in [3.63, 3.8) is 0 Å². The van der Waals surface area contributed by atoms with Crippen LogP contribution in [0.5, 0.6) is 0 Å². The summed E-state index contributed by atoms with van der Waals surface area (Å²) in [5.74, 6) is 0. The normalized spacial score (nSPS) is 21.7. The molecular weight excluding hydrogens is 304 g/mol. The first-order valence-corrected chi connectivity index (χ1v) is 8.74. The molecule has 2 amide bonds. The van der Waals surface area contributed by atoms with Gasteiger partial charge in [-0.2, -0.15) is 0 Å². The summed E-state index contributed by atoms with van der Waals surface area (Å²) < 4.78 is 5.76. The average molecular weight is 332 g/mol. The lowest BCUT2D eigenvalue weighted by molar-refractivity contribution is -0.0286. The Morgan fingerprint density at radius 2 is 2.21 bits per heavy atom. The average Bonchev–Trinajstić information content (AvgIpc) is 3.38. The number of carbonyl (C=O) groups is 1. The molecule has 6 heteroatoms. The number of hydrogen-bond acceptors (Lipinski definition) is 4. The molecular formula is C18H28N4O2. The molecule has 6 nitrogen and oxygen atoms in total. The van der Waals surface area contributed by atoms with Crippen molar-refractivity contribution < 1.29 is 9.53 Å². The summed E-state index contributed by atoms with van der Waals surface area (Å²) in [7, 11) is 4.06. The standard InChI is InChI=1S/C18H28N4O2/c1-21(2)12-14-4-3-5-15(10-14)20-18(23)19-11-17-13-22(8-9-24-17)16-6-7-16/h3-5,10,16-17H,6-9,11-13H2,1-2H3,(H2,19,20,23)/t17-/m1/s1. The molecule has 1 atom stereocenters. The van der Waals surface area contributed by atoms with E-state index in [1.807, 2.05) is 32.3 Å². The zero-order valence-electron chi connectivity index (χ0n) is 14.6. The number of carbonyl (C=O) groups excluding carboxylic acids is 1. The van der Waals surface area contributed by atoms with E-state index in [1.165, 1.54) is 18.4 Å². The monoisotopic (exact) mass is 332 g/mol. The lowest BCUT2D eigenvalue weighted by atomic mass is 10.2. The van der Waals surface area contributed by atoms with Crippen molar-refractivity contribution in [3.05, 3.63) is 29.8 Å². The van der Waals surface area contributed by atoms with Crippen molar-refractivity contribution in [1.29, 1.82) is 0 Å².